The average Bonchev–Trinajstić information content (AvgIpc) is 2.62. The van der Waals surface area contributed by atoms with E-state index in [4.69, 9.17) is 10.7 Å². The van der Waals surface area contributed by atoms with Crippen molar-refractivity contribution in [1.29, 1.82) is 0 Å². The van der Waals surface area contributed by atoms with Gasteiger partial charge in [0.15, 0.2) is 0 Å². The van der Waals surface area contributed by atoms with Crippen LogP contribution in [0.15, 0.2) is 0 Å². The second kappa shape index (κ2) is 4.97. The molecule has 2 nitrogen and oxygen atoms in total. The molecule has 0 saturated heterocycles. The van der Waals surface area contributed by atoms with E-state index in [1.807, 2.05) is 0 Å². The van der Waals surface area contributed by atoms with E-state index in [0.29, 0.717) is 0 Å². The minimum absolute atomic E-state index is 0.129. The minimum Gasteiger partial charge on any atom is -0.389 e. The highest BCUT2D eigenvalue weighted by Gasteiger charge is 2.22. The van der Waals surface area contributed by atoms with Crippen LogP contribution in [0.5, 0.6) is 0 Å². The van der Waals surface area contributed by atoms with Crippen LogP contribution in [0.3, 0.4) is 0 Å². The third kappa shape index (κ3) is 3.21. The van der Waals surface area contributed by atoms with Crippen molar-refractivity contribution in [2.75, 3.05) is 5.73 Å². The summed E-state index contributed by atoms with van der Waals surface area (Å²) in [6.45, 7) is 6.61. The number of anilines is 1. The zero-order valence-corrected chi connectivity index (χ0v) is 12.1. The summed E-state index contributed by atoms with van der Waals surface area (Å²) in [5, 5.41) is 2.13. The highest BCUT2D eigenvalue weighted by Crippen LogP contribution is 2.34. The number of hydrogen-bond acceptors (Lipinski definition) is 3. The molecule has 0 amide bonds. The molecule has 1 fully saturated rings. The van der Waals surface area contributed by atoms with Crippen LogP contribution in [0, 0.1) is 5.92 Å². The van der Waals surface area contributed by atoms with Crippen LogP contribution in [0.25, 0.3) is 0 Å². The second-order valence-electron chi connectivity index (χ2n) is 6.29. The van der Waals surface area contributed by atoms with E-state index in [1.54, 1.807) is 11.3 Å². The van der Waals surface area contributed by atoms with E-state index in [1.165, 1.54) is 37.1 Å². The Morgan fingerprint density at radius 3 is 2.41 bits per heavy atom. The molecule has 0 aliphatic heterocycles. The van der Waals surface area contributed by atoms with E-state index in [0.717, 1.165) is 23.0 Å². The molecule has 0 atom stereocenters. The quantitative estimate of drug-likeness (QED) is 0.859. The standard InChI is InChI=1S/C14H24N2S/c1-14(2,3)13-16-11(12(15)17-13)9-10-7-5-4-6-8-10/h10H,4-9,15H2,1-3H3. The summed E-state index contributed by atoms with van der Waals surface area (Å²) in [6.07, 6.45) is 8.01. The molecule has 2 N–H and O–H groups in total. The van der Waals surface area contributed by atoms with Crippen molar-refractivity contribution < 1.29 is 0 Å². The maximum atomic E-state index is 6.11. The maximum absolute atomic E-state index is 6.11. The van der Waals surface area contributed by atoms with Gasteiger partial charge in [-0.3, -0.25) is 0 Å². The Bertz CT molecular complexity index is 370. The molecule has 0 radical (unpaired) electrons. The van der Waals surface area contributed by atoms with Crippen molar-refractivity contribution in [1.82, 2.24) is 4.98 Å². The molecule has 3 heteroatoms. The Labute approximate surface area is 109 Å². The van der Waals surface area contributed by atoms with Crippen LogP contribution >= 0.6 is 11.3 Å². The smallest absolute Gasteiger partial charge is 0.109 e. The number of hydrogen-bond donors (Lipinski definition) is 1. The number of thiazole rings is 1. The molecule has 1 aliphatic carbocycles. The summed E-state index contributed by atoms with van der Waals surface area (Å²) in [5.74, 6) is 0.820. The number of rotatable bonds is 2. The number of aromatic nitrogens is 1. The zero-order chi connectivity index (χ0) is 12.5. The first kappa shape index (κ1) is 12.9. The Balaban J connectivity index is 2.07. The van der Waals surface area contributed by atoms with Crippen molar-refractivity contribution in [2.24, 2.45) is 5.92 Å². The number of nitrogen functional groups attached to an aromatic ring is 1. The summed E-state index contributed by atoms with van der Waals surface area (Å²) in [7, 11) is 0. The van der Waals surface area contributed by atoms with Gasteiger partial charge in [0.25, 0.3) is 0 Å². The van der Waals surface area contributed by atoms with Crippen LogP contribution in [0.2, 0.25) is 0 Å². The Kier molecular flexibility index (Phi) is 3.76. The first-order valence-corrected chi connectivity index (χ1v) is 7.54. The lowest BCUT2D eigenvalue weighted by molar-refractivity contribution is 0.354. The van der Waals surface area contributed by atoms with Crippen LogP contribution in [0.1, 0.15) is 63.6 Å². The highest BCUT2D eigenvalue weighted by atomic mass is 32.1. The summed E-state index contributed by atoms with van der Waals surface area (Å²) in [4.78, 5) is 4.77. The van der Waals surface area contributed by atoms with Crippen LogP contribution in [-0.2, 0) is 11.8 Å². The summed E-state index contributed by atoms with van der Waals surface area (Å²) >= 11 is 1.68. The largest absolute Gasteiger partial charge is 0.389 e. The van der Waals surface area contributed by atoms with Crippen molar-refractivity contribution in [3.8, 4) is 0 Å². The van der Waals surface area contributed by atoms with Crippen LogP contribution in [0.4, 0.5) is 5.00 Å². The molecule has 0 aromatic carbocycles. The molecule has 17 heavy (non-hydrogen) atoms. The van der Waals surface area contributed by atoms with Gasteiger partial charge in [-0.2, -0.15) is 0 Å². The average molecular weight is 252 g/mol. The molecule has 1 aromatic rings. The Hall–Kier alpha value is -0.570. The fourth-order valence-electron chi connectivity index (χ4n) is 2.50. The van der Waals surface area contributed by atoms with Gasteiger partial charge in [0.2, 0.25) is 0 Å². The monoisotopic (exact) mass is 252 g/mol. The lowest BCUT2D eigenvalue weighted by Gasteiger charge is -2.20. The molecule has 2 rings (SSSR count). The van der Waals surface area contributed by atoms with Crippen molar-refractivity contribution >= 4 is 16.3 Å². The van der Waals surface area contributed by atoms with E-state index < -0.39 is 0 Å². The predicted octanol–water partition coefficient (Wildman–Crippen LogP) is 4.15. The van der Waals surface area contributed by atoms with Crippen molar-refractivity contribution in [2.45, 2.75) is 64.7 Å². The van der Waals surface area contributed by atoms with Gasteiger partial charge in [0.1, 0.15) is 10.0 Å². The highest BCUT2D eigenvalue weighted by molar-refractivity contribution is 7.15. The fraction of sp³-hybridized carbons (Fsp3) is 0.786. The second-order valence-corrected chi connectivity index (χ2v) is 7.32. The molecule has 1 aromatic heterocycles. The number of nitrogens with two attached hydrogens (primary N) is 1. The molecule has 96 valence electrons. The molecule has 0 bridgehead atoms. The van der Waals surface area contributed by atoms with Gasteiger partial charge < -0.3 is 5.73 Å². The summed E-state index contributed by atoms with van der Waals surface area (Å²) < 4.78 is 0. The topological polar surface area (TPSA) is 38.9 Å². The van der Waals surface area contributed by atoms with E-state index in [-0.39, 0.29) is 5.41 Å². The van der Waals surface area contributed by atoms with Crippen LogP contribution in [-0.4, -0.2) is 4.98 Å². The Morgan fingerprint density at radius 2 is 1.88 bits per heavy atom. The Morgan fingerprint density at radius 1 is 1.24 bits per heavy atom. The van der Waals surface area contributed by atoms with Crippen molar-refractivity contribution in [3.63, 3.8) is 0 Å². The van der Waals surface area contributed by atoms with Gasteiger partial charge >= 0.3 is 0 Å². The summed E-state index contributed by atoms with van der Waals surface area (Å²) in [5.41, 5.74) is 7.40. The van der Waals surface area contributed by atoms with Crippen LogP contribution < -0.4 is 5.73 Å². The van der Waals surface area contributed by atoms with Gasteiger partial charge in [-0.1, -0.05) is 52.9 Å². The first-order chi connectivity index (χ1) is 7.97. The first-order valence-electron chi connectivity index (χ1n) is 6.72. The van der Waals surface area contributed by atoms with E-state index in [2.05, 4.69) is 20.8 Å². The molecular formula is C14H24N2S. The minimum atomic E-state index is 0.129. The molecule has 1 heterocycles. The predicted molar refractivity (Wildman–Crippen MR) is 75.5 cm³/mol. The van der Waals surface area contributed by atoms with Gasteiger partial charge in [-0.25, -0.2) is 4.98 Å². The lowest BCUT2D eigenvalue weighted by Crippen LogP contribution is -2.12. The molecule has 0 unspecified atom stereocenters. The van der Waals surface area contributed by atoms with Gasteiger partial charge in [-0.05, 0) is 12.3 Å². The van der Waals surface area contributed by atoms with Gasteiger partial charge in [0.05, 0.1) is 5.69 Å². The fourth-order valence-corrected chi connectivity index (χ4v) is 3.41. The maximum Gasteiger partial charge on any atom is 0.109 e. The summed E-state index contributed by atoms with van der Waals surface area (Å²) in [6, 6.07) is 0. The van der Waals surface area contributed by atoms with Gasteiger partial charge in [-0.15, -0.1) is 11.3 Å². The molecule has 0 spiro atoms. The number of nitrogens with zero attached hydrogens (tertiary/aromatic N) is 1. The normalized spacial score (nSPS) is 18.5. The lowest BCUT2D eigenvalue weighted by atomic mass is 9.86. The van der Waals surface area contributed by atoms with Gasteiger partial charge in [0, 0.05) is 5.41 Å². The molecule has 1 saturated carbocycles. The van der Waals surface area contributed by atoms with Crippen molar-refractivity contribution in [3.05, 3.63) is 10.7 Å². The molecular weight excluding hydrogens is 228 g/mol. The third-order valence-corrected chi connectivity index (χ3v) is 4.93. The third-order valence-electron chi connectivity index (χ3n) is 3.58. The SMILES string of the molecule is CC(C)(C)c1nc(CC2CCCCC2)c(N)s1. The van der Waals surface area contributed by atoms with E-state index in [9.17, 15) is 0 Å². The van der Waals surface area contributed by atoms with E-state index >= 15 is 0 Å². The zero-order valence-electron chi connectivity index (χ0n) is 11.3. The molecule has 1 aliphatic rings.